The van der Waals surface area contributed by atoms with Gasteiger partial charge in [-0.15, -0.1) is 0 Å². The Morgan fingerprint density at radius 3 is 2.56 bits per heavy atom. The highest BCUT2D eigenvalue weighted by Gasteiger charge is 2.33. The van der Waals surface area contributed by atoms with E-state index < -0.39 is 5.91 Å². The summed E-state index contributed by atoms with van der Waals surface area (Å²) in [4.78, 5) is 18.2. The molecule has 2 aliphatic rings. The molecule has 2 aromatic rings. The standard InChI is InChI=1S/C24H22ClN3O3S/c1-14-5-4-6-15(2)21(14)31-10-9-30-20-8-7-17(12-19(20)25)11-18-22(26)28-16(3)13-32-24(28)27-23(18)29/h4-8,11-13,26H,9-10H2,1-3H3/b18-11+,26-22?. The van der Waals surface area contributed by atoms with E-state index in [9.17, 15) is 4.79 Å². The molecule has 2 heterocycles. The predicted octanol–water partition coefficient (Wildman–Crippen LogP) is 5.58. The first kappa shape index (κ1) is 22.2. The number of amidine groups is 2. The van der Waals surface area contributed by atoms with Gasteiger partial charge in [-0.1, -0.05) is 47.6 Å². The van der Waals surface area contributed by atoms with Crippen LogP contribution >= 0.6 is 23.4 Å². The number of aliphatic imine (C=N–C) groups is 1. The lowest BCUT2D eigenvalue weighted by atomic mass is 10.1. The van der Waals surface area contributed by atoms with Crippen molar-refractivity contribution in [3.05, 3.63) is 74.8 Å². The Kier molecular flexibility index (Phi) is 6.39. The summed E-state index contributed by atoms with van der Waals surface area (Å²) >= 11 is 7.74. The molecule has 0 fully saturated rings. The summed E-state index contributed by atoms with van der Waals surface area (Å²) in [7, 11) is 0. The number of halogens is 1. The van der Waals surface area contributed by atoms with Crippen molar-refractivity contribution < 1.29 is 14.3 Å². The molecule has 6 nitrogen and oxygen atoms in total. The second-order valence-electron chi connectivity index (χ2n) is 7.43. The molecule has 0 bridgehead atoms. The van der Waals surface area contributed by atoms with Crippen LogP contribution in [0.5, 0.6) is 11.5 Å². The van der Waals surface area contributed by atoms with Gasteiger partial charge in [0.15, 0.2) is 5.17 Å². The Morgan fingerprint density at radius 2 is 1.84 bits per heavy atom. The topological polar surface area (TPSA) is 75.0 Å². The molecular formula is C24H22ClN3O3S. The summed E-state index contributed by atoms with van der Waals surface area (Å²) in [5.74, 6) is 1.07. The molecule has 32 heavy (non-hydrogen) atoms. The van der Waals surface area contributed by atoms with Gasteiger partial charge >= 0.3 is 0 Å². The Bertz CT molecular complexity index is 1180. The minimum Gasteiger partial charge on any atom is -0.489 e. The van der Waals surface area contributed by atoms with Crippen LogP contribution in [0.4, 0.5) is 0 Å². The van der Waals surface area contributed by atoms with Crippen LogP contribution in [0.3, 0.4) is 0 Å². The molecular weight excluding hydrogens is 446 g/mol. The molecule has 0 saturated heterocycles. The van der Waals surface area contributed by atoms with Gasteiger partial charge in [0.1, 0.15) is 30.5 Å². The fourth-order valence-electron chi connectivity index (χ4n) is 3.45. The molecule has 2 aliphatic heterocycles. The SMILES string of the molecule is CC1=CSC2=NC(=O)/C(=C/c3ccc(OCCOc4c(C)cccc4C)c(Cl)c3)C(=N)N12. The van der Waals surface area contributed by atoms with Crippen LogP contribution in [-0.2, 0) is 4.79 Å². The number of rotatable bonds is 6. The molecule has 1 N–H and O–H groups in total. The zero-order valence-corrected chi connectivity index (χ0v) is 19.5. The lowest BCUT2D eigenvalue weighted by molar-refractivity contribution is -0.114. The van der Waals surface area contributed by atoms with Gasteiger partial charge in [0, 0.05) is 5.70 Å². The molecule has 0 radical (unpaired) electrons. The summed E-state index contributed by atoms with van der Waals surface area (Å²) in [5, 5.41) is 11.2. The lowest BCUT2D eigenvalue weighted by Crippen LogP contribution is -2.37. The highest BCUT2D eigenvalue weighted by atomic mass is 35.5. The van der Waals surface area contributed by atoms with E-state index in [1.54, 1.807) is 29.2 Å². The smallest absolute Gasteiger partial charge is 0.283 e. The van der Waals surface area contributed by atoms with Crippen molar-refractivity contribution in [3.8, 4) is 11.5 Å². The number of carbonyl (C=O) groups is 1. The number of fused-ring (bicyclic) bond motifs is 1. The van der Waals surface area contributed by atoms with Gasteiger partial charge in [0.2, 0.25) is 0 Å². The summed E-state index contributed by atoms with van der Waals surface area (Å²) in [6, 6.07) is 11.3. The van der Waals surface area contributed by atoms with E-state index in [1.165, 1.54) is 11.8 Å². The van der Waals surface area contributed by atoms with Crippen molar-refractivity contribution in [2.45, 2.75) is 20.8 Å². The van der Waals surface area contributed by atoms with Crippen molar-refractivity contribution >= 4 is 46.3 Å². The number of allylic oxidation sites excluding steroid dienone is 1. The third kappa shape index (κ3) is 4.45. The Labute approximate surface area is 196 Å². The van der Waals surface area contributed by atoms with E-state index >= 15 is 0 Å². The van der Waals surface area contributed by atoms with Crippen LogP contribution in [0.25, 0.3) is 6.08 Å². The minimum atomic E-state index is -0.433. The monoisotopic (exact) mass is 467 g/mol. The van der Waals surface area contributed by atoms with Crippen LogP contribution < -0.4 is 9.47 Å². The Morgan fingerprint density at radius 1 is 1.12 bits per heavy atom. The zero-order chi connectivity index (χ0) is 22.8. The number of hydrogen-bond acceptors (Lipinski definition) is 5. The molecule has 0 spiro atoms. The minimum absolute atomic E-state index is 0.110. The summed E-state index contributed by atoms with van der Waals surface area (Å²) in [6.07, 6.45) is 1.63. The highest BCUT2D eigenvalue weighted by molar-refractivity contribution is 8.16. The number of aryl methyl sites for hydroxylation is 2. The zero-order valence-electron chi connectivity index (χ0n) is 17.9. The van der Waals surface area contributed by atoms with Crippen molar-refractivity contribution in [3.63, 3.8) is 0 Å². The van der Waals surface area contributed by atoms with Gasteiger partial charge in [0.25, 0.3) is 5.91 Å². The van der Waals surface area contributed by atoms with E-state index in [2.05, 4.69) is 4.99 Å². The molecule has 2 aromatic carbocycles. The fourth-order valence-corrected chi connectivity index (χ4v) is 4.56. The largest absolute Gasteiger partial charge is 0.489 e. The van der Waals surface area contributed by atoms with Crippen molar-refractivity contribution in [1.82, 2.24) is 4.90 Å². The van der Waals surface area contributed by atoms with Crippen molar-refractivity contribution in [2.75, 3.05) is 13.2 Å². The van der Waals surface area contributed by atoms with Crippen molar-refractivity contribution in [2.24, 2.45) is 4.99 Å². The molecule has 0 atom stereocenters. The lowest BCUT2D eigenvalue weighted by Gasteiger charge is -2.25. The Balaban J connectivity index is 1.42. The first-order chi connectivity index (χ1) is 15.3. The Hall–Kier alpha value is -3.03. The maximum atomic E-state index is 12.4. The number of ether oxygens (including phenoxy) is 2. The number of thioether (sulfide) groups is 1. The fraction of sp³-hybridized carbons (Fsp3) is 0.208. The van der Waals surface area contributed by atoms with Crippen LogP contribution in [-0.4, -0.2) is 35.0 Å². The average molecular weight is 468 g/mol. The number of benzene rings is 2. The highest BCUT2D eigenvalue weighted by Crippen LogP contribution is 2.33. The quantitative estimate of drug-likeness (QED) is 0.443. The summed E-state index contributed by atoms with van der Waals surface area (Å²) in [6.45, 7) is 6.63. The molecule has 0 aromatic heterocycles. The average Bonchev–Trinajstić information content (AvgIpc) is 3.11. The first-order valence-electron chi connectivity index (χ1n) is 10.0. The second-order valence-corrected chi connectivity index (χ2v) is 8.67. The molecule has 0 aliphatic carbocycles. The van der Waals surface area contributed by atoms with Crippen LogP contribution in [0.1, 0.15) is 23.6 Å². The van der Waals surface area contributed by atoms with E-state index in [-0.39, 0.29) is 11.4 Å². The maximum absolute atomic E-state index is 12.4. The van der Waals surface area contributed by atoms with Crippen LogP contribution in [0.2, 0.25) is 5.02 Å². The third-order valence-corrected chi connectivity index (χ3v) is 6.29. The molecule has 0 saturated carbocycles. The molecule has 0 unspecified atom stereocenters. The summed E-state index contributed by atoms with van der Waals surface area (Å²) in [5.41, 5.74) is 3.93. The van der Waals surface area contributed by atoms with Crippen LogP contribution in [0, 0.1) is 19.3 Å². The number of para-hydroxylation sites is 1. The van der Waals surface area contributed by atoms with Crippen LogP contribution in [0.15, 0.2) is 58.1 Å². The van der Waals surface area contributed by atoms with Gasteiger partial charge < -0.3 is 9.47 Å². The van der Waals surface area contributed by atoms with Gasteiger partial charge in [-0.2, -0.15) is 4.99 Å². The van der Waals surface area contributed by atoms with Gasteiger partial charge in [-0.05, 0) is 61.1 Å². The van der Waals surface area contributed by atoms with Gasteiger partial charge in [0.05, 0.1) is 10.6 Å². The normalized spacial score (nSPS) is 16.8. The molecule has 164 valence electrons. The number of amides is 1. The predicted molar refractivity (Wildman–Crippen MR) is 130 cm³/mol. The summed E-state index contributed by atoms with van der Waals surface area (Å²) < 4.78 is 11.6. The maximum Gasteiger partial charge on any atom is 0.283 e. The van der Waals surface area contributed by atoms with E-state index in [1.807, 2.05) is 44.4 Å². The second kappa shape index (κ2) is 9.22. The first-order valence-corrected chi connectivity index (χ1v) is 11.3. The molecule has 4 rings (SSSR count). The van der Waals surface area contributed by atoms with Gasteiger partial charge in [-0.3, -0.25) is 15.1 Å². The van der Waals surface area contributed by atoms with E-state index in [0.717, 1.165) is 22.6 Å². The molecule has 8 heteroatoms. The third-order valence-electron chi connectivity index (χ3n) is 5.05. The van der Waals surface area contributed by atoms with E-state index in [4.69, 9.17) is 26.5 Å². The number of hydrogen-bond donors (Lipinski definition) is 1. The number of nitrogens with zero attached hydrogens (tertiary/aromatic N) is 2. The van der Waals surface area contributed by atoms with Gasteiger partial charge in [-0.25, -0.2) is 0 Å². The molecule has 1 amide bonds. The number of carbonyl (C=O) groups excluding carboxylic acids is 1. The van der Waals surface area contributed by atoms with Crippen molar-refractivity contribution in [1.29, 1.82) is 5.41 Å². The van der Waals surface area contributed by atoms with E-state index in [0.29, 0.717) is 34.7 Å². The number of nitrogens with one attached hydrogen (secondary N) is 1.